The van der Waals surface area contributed by atoms with Crippen LogP contribution in [0.4, 0.5) is 11.4 Å². The molecule has 1 N–H and O–H groups in total. The van der Waals surface area contributed by atoms with Gasteiger partial charge in [-0.3, -0.25) is 9.79 Å². The largest absolute Gasteiger partial charge is 0.322 e. The smallest absolute Gasteiger partial charge is 0.255 e. The first-order valence-corrected chi connectivity index (χ1v) is 10.2. The number of hydrogen-bond acceptors (Lipinski definition) is 3. The summed E-state index contributed by atoms with van der Waals surface area (Å²) in [7, 11) is 0. The SMILES string of the molecule is CC1(C)C(c2cnn(-c3ccc(C(=O)Nc4ccccc4)cc3)c2)=Nc2ccccc21. The maximum absolute atomic E-state index is 12.5. The van der Waals surface area contributed by atoms with Gasteiger partial charge in [0, 0.05) is 28.4 Å². The standard InChI is InChI=1S/C26H22N4O/c1-26(2)22-10-6-7-11-23(22)29-24(26)19-16-27-30(17-19)21-14-12-18(13-15-21)25(31)28-20-8-4-3-5-9-20/h3-17H,1-2H3,(H,28,31). The summed E-state index contributed by atoms with van der Waals surface area (Å²) in [5, 5.41) is 7.44. The van der Waals surface area contributed by atoms with Crippen LogP contribution in [0, 0.1) is 0 Å². The van der Waals surface area contributed by atoms with E-state index in [0.29, 0.717) is 5.56 Å². The third-order valence-corrected chi connectivity index (χ3v) is 5.68. The summed E-state index contributed by atoms with van der Waals surface area (Å²) < 4.78 is 1.82. The molecule has 0 unspecified atom stereocenters. The molecule has 31 heavy (non-hydrogen) atoms. The summed E-state index contributed by atoms with van der Waals surface area (Å²) in [5.41, 5.74) is 6.33. The molecular formula is C26H22N4O. The van der Waals surface area contributed by atoms with Crippen LogP contribution >= 0.6 is 0 Å². The van der Waals surface area contributed by atoms with Crippen molar-refractivity contribution >= 4 is 23.0 Å². The number of fused-ring (bicyclic) bond motifs is 1. The Balaban J connectivity index is 1.37. The monoisotopic (exact) mass is 406 g/mol. The number of amides is 1. The zero-order valence-corrected chi connectivity index (χ0v) is 17.4. The first-order valence-electron chi connectivity index (χ1n) is 10.2. The quantitative estimate of drug-likeness (QED) is 0.484. The highest BCUT2D eigenvalue weighted by Gasteiger charge is 2.36. The Morgan fingerprint density at radius 3 is 2.35 bits per heavy atom. The molecule has 1 aliphatic rings. The van der Waals surface area contributed by atoms with Gasteiger partial charge < -0.3 is 5.32 Å². The normalized spacial score (nSPS) is 14.1. The lowest BCUT2D eigenvalue weighted by atomic mass is 9.80. The van der Waals surface area contributed by atoms with Gasteiger partial charge in [-0.1, -0.05) is 50.2 Å². The van der Waals surface area contributed by atoms with E-state index in [1.54, 1.807) is 0 Å². The molecule has 5 rings (SSSR count). The van der Waals surface area contributed by atoms with Crippen molar-refractivity contribution in [2.75, 3.05) is 5.32 Å². The lowest BCUT2D eigenvalue weighted by Gasteiger charge is -2.21. The fourth-order valence-electron chi connectivity index (χ4n) is 3.99. The Kier molecular flexibility index (Phi) is 4.51. The van der Waals surface area contributed by atoms with Crippen molar-refractivity contribution in [3.63, 3.8) is 0 Å². The molecule has 0 bridgehead atoms. The van der Waals surface area contributed by atoms with Crippen molar-refractivity contribution in [1.82, 2.24) is 9.78 Å². The predicted octanol–water partition coefficient (Wildman–Crippen LogP) is 5.54. The summed E-state index contributed by atoms with van der Waals surface area (Å²) in [5.74, 6) is -0.140. The van der Waals surface area contributed by atoms with Gasteiger partial charge in [-0.25, -0.2) is 4.68 Å². The average molecular weight is 406 g/mol. The minimum absolute atomic E-state index is 0.140. The van der Waals surface area contributed by atoms with Crippen LogP contribution in [0.3, 0.4) is 0 Å². The third kappa shape index (κ3) is 3.44. The van der Waals surface area contributed by atoms with Gasteiger partial charge >= 0.3 is 0 Å². The maximum atomic E-state index is 12.5. The molecule has 0 radical (unpaired) electrons. The number of carbonyl (C=O) groups is 1. The first-order chi connectivity index (χ1) is 15.0. The molecule has 1 aliphatic heterocycles. The van der Waals surface area contributed by atoms with Crippen LogP contribution in [0.2, 0.25) is 0 Å². The topological polar surface area (TPSA) is 59.3 Å². The van der Waals surface area contributed by atoms with Crippen molar-refractivity contribution in [2.24, 2.45) is 4.99 Å². The number of anilines is 1. The molecule has 0 spiro atoms. The molecule has 1 aromatic heterocycles. The Morgan fingerprint density at radius 1 is 0.903 bits per heavy atom. The van der Waals surface area contributed by atoms with Crippen molar-refractivity contribution in [2.45, 2.75) is 19.3 Å². The highest BCUT2D eigenvalue weighted by molar-refractivity contribution is 6.12. The van der Waals surface area contributed by atoms with E-state index in [4.69, 9.17) is 4.99 Å². The van der Waals surface area contributed by atoms with Crippen molar-refractivity contribution in [1.29, 1.82) is 0 Å². The van der Waals surface area contributed by atoms with Crippen molar-refractivity contribution < 1.29 is 4.79 Å². The molecule has 3 aromatic carbocycles. The molecule has 5 nitrogen and oxygen atoms in total. The van der Waals surface area contributed by atoms with E-state index in [1.165, 1.54) is 5.56 Å². The van der Waals surface area contributed by atoms with Crippen LogP contribution in [0.15, 0.2) is 96.2 Å². The molecule has 0 saturated heterocycles. The van der Waals surface area contributed by atoms with Gasteiger partial charge in [0.05, 0.1) is 23.3 Å². The first kappa shape index (κ1) is 19.0. The Bertz CT molecular complexity index is 1280. The van der Waals surface area contributed by atoms with Gasteiger partial charge in [0.25, 0.3) is 5.91 Å². The summed E-state index contributed by atoms with van der Waals surface area (Å²) in [6.07, 6.45) is 3.84. The summed E-state index contributed by atoms with van der Waals surface area (Å²) in [6, 6.07) is 25.1. The van der Waals surface area contributed by atoms with E-state index in [1.807, 2.05) is 83.8 Å². The number of para-hydroxylation sites is 2. The Hall–Kier alpha value is -3.99. The minimum Gasteiger partial charge on any atom is -0.322 e. The molecule has 152 valence electrons. The molecule has 0 saturated carbocycles. The number of rotatable bonds is 4. The molecule has 4 aromatic rings. The fraction of sp³-hybridized carbons (Fsp3) is 0.115. The van der Waals surface area contributed by atoms with Gasteiger partial charge in [0.15, 0.2) is 0 Å². The van der Waals surface area contributed by atoms with Crippen molar-refractivity contribution in [3.8, 4) is 5.69 Å². The van der Waals surface area contributed by atoms with Gasteiger partial charge in [-0.15, -0.1) is 0 Å². The highest BCUT2D eigenvalue weighted by atomic mass is 16.1. The van der Waals surface area contributed by atoms with Gasteiger partial charge in [-0.2, -0.15) is 5.10 Å². The third-order valence-electron chi connectivity index (χ3n) is 5.68. The Labute approximate surface area is 181 Å². The average Bonchev–Trinajstić information content (AvgIpc) is 3.37. The number of aromatic nitrogens is 2. The molecule has 2 heterocycles. The highest BCUT2D eigenvalue weighted by Crippen LogP contribution is 2.41. The maximum Gasteiger partial charge on any atom is 0.255 e. The van der Waals surface area contributed by atoms with Crippen LogP contribution in [-0.2, 0) is 5.41 Å². The molecule has 0 fully saturated rings. The zero-order chi connectivity index (χ0) is 21.4. The second kappa shape index (κ2) is 7.36. The minimum atomic E-state index is -0.177. The second-order valence-electron chi connectivity index (χ2n) is 8.14. The number of hydrogen-bond donors (Lipinski definition) is 1. The molecule has 0 aliphatic carbocycles. The van der Waals surface area contributed by atoms with Gasteiger partial charge in [0.1, 0.15) is 0 Å². The number of aliphatic imine (C=N–C) groups is 1. The Morgan fingerprint density at radius 2 is 1.61 bits per heavy atom. The van der Waals surface area contributed by atoms with Crippen LogP contribution in [0.5, 0.6) is 0 Å². The summed E-state index contributed by atoms with van der Waals surface area (Å²) in [4.78, 5) is 17.3. The zero-order valence-electron chi connectivity index (χ0n) is 17.4. The number of nitrogens with one attached hydrogen (secondary N) is 1. The summed E-state index contributed by atoms with van der Waals surface area (Å²) in [6.45, 7) is 4.38. The van der Waals surface area contributed by atoms with E-state index in [0.717, 1.165) is 28.3 Å². The lowest BCUT2D eigenvalue weighted by Crippen LogP contribution is -2.26. The molecule has 5 heteroatoms. The van der Waals surface area contributed by atoms with Crippen molar-refractivity contribution in [3.05, 3.63) is 108 Å². The van der Waals surface area contributed by atoms with Gasteiger partial charge in [0.2, 0.25) is 0 Å². The predicted molar refractivity (Wildman–Crippen MR) is 124 cm³/mol. The van der Waals surface area contributed by atoms with E-state index in [2.05, 4.69) is 36.4 Å². The van der Waals surface area contributed by atoms with Gasteiger partial charge in [-0.05, 0) is 48.0 Å². The number of benzene rings is 3. The van der Waals surface area contributed by atoms with E-state index in [-0.39, 0.29) is 11.3 Å². The number of nitrogens with zero attached hydrogens (tertiary/aromatic N) is 3. The second-order valence-corrected chi connectivity index (χ2v) is 8.14. The molecule has 0 atom stereocenters. The fourth-order valence-corrected chi connectivity index (χ4v) is 3.99. The van der Waals surface area contributed by atoms with E-state index in [9.17, 15) is 4.79 Å². The number of carbonyl (C=O) groups excluding carboxylic acids is 1. The molecular weight excluding hydrogens is 384 g/mol. The van der Waals surface area contributed by atoms with Crippen LogP contribution < -0.4 is 5.32 Å². The van der Waals surface area contributed by atoms with E-state index >= 15 is 0 Å². The molecule has 1 amide bonds. The van der Waals surface area contributed by atoms with E-state index < -0.39 is 0 Å². The summed E-state index contributed by atoms with van der Waals surface area (Å²) >= 11 is 0. The lowest BCUT2D eigenvalue weighted by molar-refractivity contribution is 0.102. The van der Waals surface area contributed by atoms with Crippen LogP contribution in [0.25, 0.3) is 5.69 Å². The van der Waals surface area contributed by atoms with Crippen LogP contribution in [0.1, 0.15) is 35.3 Å². The van der Waals surface area contributed by atoms with Crippen LogP contribution in [-0.4, -0.2) is 21.4 Å².